The molecule has 0 spiro atoms. The minimum absolute atomic E-state index is 0.0469. The van der Waals surface area contributed by atoms with E-state index >= 15 is 0 Å². The van der Waals surface area contributed by atoms with Gasteiger partial charge in [-0.1, -0.05) is 6.07 Å². The molecule has 3 heterocycles. The molecule has 2 aromatic heterocycles. The quantitative estimate of drug-likeness (QED) is 0.724. The van der Waals surface area contributed by atoms with E-state index in [0.717, 1.165) is 12.8 Å². The number of hydrogen-bond donors (Lipinski definition) is 3. The summed E-state index contributed by atoms with van der Waals surface area (Å²) in [5, 5.41) is 13.1. The number of sulfonamides is 1. The van der Waals surface area contributed by atoms with Crippen LogP contribution in [-0.4, -0.2) is 52.4 Å². The minimum atomic E-state index is -3.77. The smallest absolute Gasteiger partial charge is 0.273 e. The van der Waals surface area contributed by atoms with Crippen molar-refractivity contribution in [2.75, 3.05) is 11.9 Å². The number of aliphatic hydroxyl groups is 1. The first kappa shape index (κ1) is 16.9. The Morgan fingerprint density at radius 3 is 2.89 bits per heavy atom. The Balaban J connectivity index is 1.38. The van der Waals surface area contributed by atoms with E-state index in [1.165, 1.54) is 16.6 Å². The summed E-state index contributed by atoms with van der Waals surface area (Å²) in [4.78, 5) is 19.1. The Hall–Kier alpha value is -2.23. The number of pyridine rings is 1. The van der Waals surface area contributed by atoms with Gasteiger partial charge >= 0.3 is 0 Å². The molecule has 1 saturated heterocycles. The van der Waals surface area contributed by atoms with Crippen LogP contribution in [0.4, 0.5) is 5.82 Å². The Labute approximate surface area is 156 Å². The van der Waals surface area contributed by atoms with Crippen LogP contribution in [0.3, 0.4) is 0 Å². The molecule has 2 saturated carbocycles. The van der Waals surface area contributed by atoms with Crippen LogP contribution in [0, 0.1) is 17.8 Å². The number of H-pyrrole nitrogens is 1. The third kappa shape index (κ3) is 2.53. The van der Waals surface area contributed by atoms with Crippen LogP contribution in [0.5, 0.6) is 0 Å². The number of anilines is 1. The highest BCUT2D eigenvalue weighted by Gasteiger charge is 2.61. The number of aromatic amines is 1. The minimum Gasteiger partial charge on any atom is -0.391 e. The Morgan fingerprint density at radius 1 is 1.30 bits per heavy atom. The van der Waals surface area contributed by atoms with Crippen LogP contribution in [0.2, 0.25) is 0 Å². The van der Waals surface area contributed by atoms with Gasteiger partial charge in [0.1, 0.15) is 16.4 Å². The maximum atomic E-state index is 13.1. The lowest BCUT2D eigenvalue weighted by Gasteiger charge is -2.28. The van der Waals surface area contributed by atoms with Gasteiger partial charge in [-0.05, 0) is 48.8 Å². The molecule has 0 aromatic carbocycles. The molecular weight excluding hydrogens is 368 g/mol. The van der Waals surface area contributed by atoms with E-state index in [0.29, 0.717) is 18.3 Å². The average molecular weight is 388 g/mol. The Bertz CT molecular complexity index is 988. The highest BCUT2D eigenvalue weighted by atomic mass is 32.2. The molecule has 3 fully saturated rings. The maximum absolute atomic E-state index is 13.1. The summed E-state index contributed by atoms with van der Waals surface area (Å²) in [6.07, 6.45) is 4.12. The number of amides is 1. The van der Waals surface area contributed by atoms with Gasteiger partial charge in [0.25, 0.3) is 5.91 Å². The molecule has 3 aliphatic rings. The van der Waals surface area contributed by atoms with E-state index in [-0.39, 0.29) is 28.5 Å². The fourth-order valence-electron chi connectivity index (χ4n) is 5.05. The van der Waals surface area contributed by atoms with Crippen LogP contribution < -0.4 is 5.32 Å². The zero-order valence-electron chi connectivity index (χ0n) is 14.4. The molecule has 2 bridgehead atoms. The van der Waals surface area contributed by atoms with Gasteiger partial charge in [-0.15, -0.1) is 0 Å². The van der Waals surface area contributed by atoms with Gasteiger partial charge in [-0.2, -0.15) is 4.31 Å². The first-order chi connectivity index (χ1) is 12.9. The number of carbonyl (C=O) groups excluding carboxylic acids is 1. The zero-order valence-corrected chi connectivity index (χ0v) is 15.3. The van der Waals surface area contributed by atoms with Crippen molar-refractivity contribution < 1.29 is 18.3 Å². The van der Waals surface area contributed by atoms with Crippen molar-refractivity contribution in [2.45, 2.75) is 29.9 Å². The lowest BCUT2D eigenvalue weighted by Crippen LogP contribution is -2.43. The number of nitrogens with zero attached hydrogens (tertiary/aromatic N) is 2. The van der Waals surface area contributed by atoms with E-state index in [1.807, 2.05) is 0 Å². The number of carbonyl (C=O) groups is 1. The summed E-state index contributed by atoms with van der Waals surface area (Å²) in [6.45, 7) is 0.450. The number of hydrogen-bond acceptors (Lipinski definition) is 5. The zero-order chi connectivity index (χ0) is 18.8. The predicted molar refractivity (Wildman–Crippen MR) is 96.4 cm³/mol. The maximum Gasteiger partial charge on any atom is 0.273 e. The Morgan fingerprint density at radius 2 is 2.15 bits per heavy atom. The van der Waals surface area contributed by atoms with Crippen molar-refractivity contribution in [2.24, 2.45) is 17.8 Å². The van der Waals surface area contributed by atoms with Crippen LogP contribution in [0.25, 0.3) is 0 Å². The van der Waals surface area contributed by atoms with Gasteiger partial charge in [0.15, 0.2) is 0 Å². The Kier molecular flexibility index (Phi) is 3.68. The molecular formula is C18H20N4O4S. The molecule has 5 rings (SSSR count). The van der Waals surface area contributed by atoms with E-state index in [2.05, 4.69) is 15.3 Å². The second-order valence-electron chi connectivity index (χ2n) is 7.63. The molecule has 5 atom stereocenters. The molecule has 8 nitrogen and oxygen atoms in total. The van der Waals surface area contributed by atoms with E-state index in [4.69, 9.17) is 0 Å². The lowest BCUT2D eigenvalue weighted by molar-refractivity contribution is 0.0731. The van der Waals surface area contributed by atoms with Crippen LogP contribution in [0.1, 0.15) is 23.3 Å². The normalized spacial score (nSPS) is 32.1. The summed E-state index contributed by atoms with van der Waals surface area (Å²) in [7, 11) is -3.77. The molecule has 0 unspecified atom stereocenters. The predicted octanol–water partition coefficient (Wildman–Crippen LogP) is 1.05. The van der Waals surface area contributed by atoms with Gasteiger partial charge in [-0.3, -0.25) is 4.79 Å². The number of aliphatic hydroxyl groups excluding tert-OH is 1. The second kappa shape index (κ2) is 5.88. The van der Waals surface area contributed by atoms with Crippen LogP contribution >= 0.6 is 0 Å². The lowest BCUT2D eigenvalue weighted by atomic mass is 9.88. The highest BCUT2D eigenvalue weighted by Crippen LogP contribution is 2.56. The molecule has 27 heavy (non-hydrogen) atoms. The molecule has 3 N–H and O–H groups in total. The average Bonchev–Trinajstić information content (AvgIpc) is 3.38. The number of nitrogens with one attached hydrogen (secondary N) is 2. The fourth-order valence-corrected chi connectivity index (χ4v) is 6.78. The number of rotatable bonds is 4. The highest BCUT2D eigenvalue weighted by molar-refractivity contribution is 7.89. The molecule has 1 amide bonds. The first-order valence-corrected chi connectivity index (χ1v) is 10.5. The topological polar surface area (TPSA) is 115 Å². The fraction of sp³-hybridized carbons (Fsp3) is 0.444. The van der Waals surface area contributed by atoms with Gasteiger partial charge in [0.05, 0.1) is 12.1 Å². The van der Waals surface area contributed by atoms with E-state index in [1.54, 1.807) is 24.4 Å². The standard InChI is InChI=1S/C18H20N4O4S/c23-17-10-5-11-9-22(16(17)13(11)6-10)27(25,26)12-7-14(20-8-12)18(24)21-15-3-1-2-4-19-15/h1-4,7-8,10-11,13,16-17,20,23H,5-6,9H2,(H,19,21,24)/t10-,11-,13+,16+,17+/m0/s1. The summed E-state index contributed by atoms with van der Waals surface area (Å²) in [5.41, 5.74) is 0.145. The van der Waals surface area contributed by atoms with Crippen LogP contribution in [0.15, 0.2) is 41.6 Å². The van der Waals surface area contributed by atoms with Gasteiger partial charge in [-0.25, -0.2) is 13.4 Å². The largest absolute Gasteiger partial charge is 0.391 e. The molecule has 142 valence electrons. The van der Waals surface area contributed by atoms with Crippen molar-refractivity contribution in [3.8, 4) is 0 Å². The van der Waals surface area contributed by atoms with Gasteiger partial charge < -0.3 is 15.4 Å². The third-order valence-electron chi connectivity index (χ3n) is 6.22. The van der Waals surface area contributed by atoms with Gasteiger partial charge in [0, 0.05) is 18.9 Å². The van der Waals surface area contributed by atoms with E-state index < -0.39 is 22.0 Å². The third-order valence-corrected chi connectivity index (χ3v) is 8.06. The van der Waals surface area contributed by atoms with E-state index in [9.17, 15) is 18.3 Å². The second-order valence-corrected chi connectivity index (χ2v) is 9.52. The van der Waals surface area contributed by atoms with Crippen molar-refractivity contribution in [1.82, 2.24) is 14.3 Å². The number of aromatic nitrogens is 2. The van der Waals surface area contributed by atoms with Gasteiger partial charge in [0.2, 0.25) is 10.0 Å². The molecule has 0 radical (unpaired) electrons. The summed E-state index contributed by atoms with van der Waals surface area (Å²) in [5.74, 6) is 0.737. The van der Waals surface area contributed by atoms with Crippen molar-refractivity contribution >= 4 is 21.7 Å². The summed E-state index contributed by atoms with van der Waals surface area (Å²) < 4.78 is 27.7. The molecule has 1 aliphatic heterocycles. The van der Waals surface area contributed by atoms with Crippen LogP contribution in [-0.2, 0) is 10.0 Å². The van der Waals surface area contributed by atoms with Crippen molar-refractivity contribution in [3.05, 3.63) is 42.4 Å². The molecule has 2 aromatic rings. The SMILES string of the molecule is O=C(Nc1ccccn1)c1cc(S(=O)(=O)N2C[C@@H]3C[C@H]4C[C@H]3[C@@H]2[C@@H]4O)c[nH]1. The molecule has 9 heteroatoms. The monoisotopic (exact) mass is 388 g/mol. The first-order valence-electron chi connectivity index (χ1n) is 9.06. The summed E-state index contributed by atoms with van der Waals surface area (Å²) >= 11 is 0. The molecule has 2 aliphatic carbocycles. The van der Waals surface area contributed by atoms with Crippen molar-refractivity contribution in [1.29, 1.82) is 0 Å². The summed E-state index contributed by atoms with van der Waals surface area (Å²) in [6, 6.07) is 6.14. The van der Waals surface area contributed by atoms with Crippen molar-refractivity contribution in [3.63, 3.8) is 0 Å². The number of fused-ring (bicyclic) bond motifs is 1.